The molecule has 1 atom stereocenters. The second-order valence-electron chi connectivity index (χ2n) is 3.49. The number of nitrogens with one attached hydrogen (secondary N) is 1. The van der Waals surface area contributed by atoms with Crippen LogP contribution in [0.25, 0.3) is 0 Å². The number of rotatable bonds is 6. The minimum absolute atomic E-state index is 0.485. The van der Waals surface area contributed by atoms with Crippen LogP contribution in [0.4, 0.5) is 0 Å². The van der Waals surface area contributed by atoms with E-state index in [1.807, 2.05) is 0 Å². The second kappa shape index (κ2) is 6.62. The van der Waals surface area contributed by atoms with E-state index in [0.29, 0.717) is 6.04 Å². The molecular weight excluding hydrogens is 138 g/mol. The standard InChI is InChI=1S/C9H21NO/c1-8(2)5-6-10-9(3)7-11-4/h8-10H,5-7H2,1-4H3. The maximum absolute atomic E-state index is 5.00. The summed E-state index contributed by atoms with van der Waals surface area (Å²) in [5, 5.41) is 3.39. The Morgan fingerprint density at radius 2 is 1.91 bits per heavy atom. The molecule has 0 heterocycles. The van der Waals surface area contributed by atoms with E-state index < -0.39 is 0 Å². The first-order valence-electron chi connectivity index (χ1n) is 4.39. The lowest BCUT2D eigenvalue weighted by molar-refractivity contribution is 0.171. The number of hydrogen-bond acceptors (Lipinski definition) is 2. The van der Waals surface area contributed by atoms with Crippen molar-refractivity contribution in [1.82, 2.24) is 5.32 Å². The normalized spacial score (nSPS) is 13.9. The third-order valence-electron chi connectivity index (χ3n) is 1.63. The highest BCUT2D eigenvalue weighted by Crippen LogP contribution is 1.96. The van der Waals surface area contributed by atoms with Gasteiger partial charge in [0.2, 0.25) is 0 Å². The van der Waals surface area contributed by atoms with Crippen LogP contribution in [0.15, 0.2) is 0 Å². The van der Waals surface area contributed by atoms with Crippen LogP contribution >= 0.6 is 0 Å². The topological polar surface area (TPSA) is 21.3 Å². The average molecular weight is 159 g/mol. The Hall–Kier alpha value is -0.0800. The van der Waals surface area contributed by atoms with Crippen molar-refractivity contribution in [2.24, 2.45) is 5.92 Å². The maximum atomic E-state index is 5.00. The van der Waals surface area contributed by atoms with Crippen LogP contribution in [0.5, 0.6) is 0 Å². The molecule has 0 fully saturated rings. The molecule has 0 bridgehead atoms. The molecule has 1 N–H and O–H groups in total. The first kappa shape index (κ1) is 10.9. The second-order valence-corrected chi connectivity index (χ2v) is 3.49. The van der Waals surface area contributed by atoms with Crippen LogP contribution in [0.2, 0.25) is 0 Å². The summed E-state index contributed by atoms with van der Waals surface area (Å²) in [6.45, 7) is 8.52. The minimum atomic E-state index is 0.485. The van der Waals surface area contributed by atoms with Gasteiger partial charge in [0.05, 0.1) is 6.61 Å². The fraction of sp³-hybridized carbons (Fsp3) is 1.00. The van der Waals surface area contributed by atoms with E-state index in [1.54, 1.807) is 7.11 Å². The van der Waals surface area contributed by atoms with Gasteiger partial charge in [0.1, 0.15) is 0 Å². The smallest absolute Gasteiger partial charge is 0.0613 e. The van der Waals surface area contributed by atoms with Crippen molar-refractivity contribution in [2.45, 2.75) is 33.2 Å². The van der Waals surface area contributed by atoms with Gasteiger partial charge >= 0.3 is 0 Å². The van der Waals surface area contributed by atoms with Gasteiger partial charge in [-0.25, -0.2) is 0 Å². The van der Waals surface area contributed by atoms with Gasteiger partial charge in [-0.1, -0.05) is 13.8 Å². The highest BCUT2D eigenvalue weighted by molar-refractivity contribution is 4.59. The Balaban J connectivity index is 3.10. The summed E-state index contributed by atoms with van der Waals surface area (Å²) in [6, 6.07) is 0.485. The largest absolute Gasteiger partial charge is 0.383 e. The van der Waals surface area contributed by atoms with Gasteiger partial charge in [0.15, 0.2) is 0 Å². The molecule has 0 saturated carbocycles. The van der Waals surface area contributed by atoms with Crippen LogP contribution in [-0.2, 0) is 4.74 Å². The molecule has 0 aromatic heterocycles. The third-order valence-corrected chi connectivity index (χ3v) is 1.63. The quantitative estimate of drug-likeness (QED) is 0.636. The SMILES string of the molecule is COCC(C)NCCC(C)C. The van der Waals surface area contributed by atoms with E-state index in [0.717, 1.165) is 19.1 Å². The van der Waals surface area contributed by atoms with Crippen molar-refractivity contribution in [3.8, 4) is 0 Å². The van der Waals surface area contributed by atoms with Gasteiger partial charge in [0, 0.05) is 13.2 Å². The highest BCUT2D eigenvalue weighted by Gasteiger charge is 1.99. The van der Waals surface area contributed by atoms with E-state index in [2.05, 4.69) is 26.1 Å². The highest BCUT2D eigenvalue weighted by atomic mass is 16.5. The monoisotopic (exact) mass is 159 g/mol. The van der Waals surface area contributed by atoms with Gasteiger partial charge < -0.3 is 10.1 Å². The summed E-state index contributed by atoms with van der Waals surface area (Å²) >= 11 is 0. The molecule has 0 aromatic rings. The van der Waals surface area contributed by atoms with Crippen molar-refractivity contribution >= 4 is 0 Å². The fourth-order valence-electron chi connectivity index (χ4n) is 0.927. The lowest BCUT2D eigenvalue weighted by Crippen LogP contribution is -2.31. The van der Waals surface area contributed by atoms with Crippen LogP contribution in [0, 0.1) is 5.92 Å². The molecule has 0 aliphatic carbocycles. The summed E-state index contributed by atoms with van der Waals surface area (Å²) in [5.74, 6) is 0.789. The first-order chi connectivity index (χ1) is 5.16. The van der Waals surface area contributed by atoms with E-state index in [-0.39, 0.29) is 0 Å². The van der Waals surface area contributed by atoms with Crippen LogP contribution in [0.1, 0.15) is 27.2 Å². The molecular formula is C9H21NO. The summed E-state index contributed by atoms with van der Waals surface area (Å²) in [5.41, 5.74) is 0. The van der Waals surface area contributed by atoms with E-state index >= 15 is 0 Å². The summed E-state index contributed by atoms with van der Waals surface area (Å²) < 4.78 is 5.00. The first-order valence-corrected chi connectivity index (χ1v) is 4.39. The molecule has 68 valence electrons. The number of hydrogen-bond donors (Lipinski definition) is 1. The summed E-state index contributed by atoms with van der Waals surface area (Å²) in [7, 11) is 1.74. The predicted molar refractivity (Wildman–Crippen MR) is 48.8 cm³/mol. The third kappa shape index (κ3) is 7.82. The summed E-state index contributed by atoms with van der Waals surface area (Å²) in [4.78, 5) is 0. The van der Waals surface area contributed by atoms with Crippen LogP contribution in [0.3, 0.4) is 0 Å². The lowest BCUT2D eigenvalue weighted by Gasteiger charge is -2.13. The zero-order chi connectivity index (χ0) is 8.69. The van der Waals surface area contributed by atoms with E-state index in [9.17, 15) is 0 Å². The maximum Gasteiger partial charge on any atom is 0.0613 e. The molecule has 0 aliphatic rings. The molecule has 2 nitrogen and oxygen atoms in total. The average Bonchev–Trinajstić information content (AvgIpc) is 1.87. The Labute approximate surface area is 70.3 Å². The predicted octanol–water partition coefficient (Wildman–Crippen LogP) is 1.66. The van der Waals surface area contributed by atoms with E-state index in [1.165, 1.54) is 6.42 Å². The van der Waals surface area contributed by atoms with Gasteiger partial charge in [-0.3, -0.25) is 0 Å². The zero-order valence-electron chi connectivity index (χ0n) is 8.18. The molecule has 0 aliphatic heterocycles. The van der Waals surface area contributed by atoms with Gasteiger partial charge in [-0.2, -0.15) is 0 Å². The van der Waals surface area contributed by atoms with Crippen LogP contribution < -0.4 is 5.32 Å². The Bertz CT molecular complexity index is 83.6. The van der Waals surface area contributed by atoms with E-state index in [4.69, 9.17) is 4.74 Å². The molecule has 0 aromatic carbocycles. The molecule has 0 amide bonds. The molecule has 0 rings (SSSR count). The summed E-state index contributed by atoms with van der Waals surface area (Å²) in [6.07, 6.45) is 1.24. The molecule has 0 saturated heterocycles. The Kier molecular flexibility index (Phi) is 6.57. The molecule has 11 heavy (non-hydrogen) atoms. The molecule has 0 radical (unpaired) electrons. The molecule has 1 unspecified atom stereocenters. The fourth-order valence-corrected chi connectivity index (χ4v) is 0.927. The Morgan fingerprint density at radius 3 is 2.36 bits per heavy atom. The van der Waals surface area contributed by atoms with Crippen molar-refractivity contribution in [2.75, 3.05) is 20.3 Å². The molecule has 2 heteroatoms. The zero-order valence-corrected chi connectivity index (χ0v) is 8.18. The van der Waals surface area contributed by atoms with Gasteiger partial charge in [-0.15, -0.1) is 0 Å². The van der Waals surface area contributed by atoms with Crippen LogP contribution in [-0.4, -0.2) is 26.3 Å². The number of methoxy groups -OCH3 is 1. The van der Waals surface area contributed by atoms with Crippen molar-refractivity contribution < 1.29 is 4.74 Å². The molecule has 0 spiro atoms. The van der Waals surface area contributed by atoms with Gasteiger partial charge in [-0.05, 0) is 25.8 Å². The lowest BCUT2D eigenvalue weighted by atomic mass is 10.1. The van der Waals surface area contributed by atoms with Crippen molar-refractivity contribution in [3.05, 3.63) is 0 Å². The van der Waals surface area contributed by atoms with Crippen molar-refractivity contribution in [3.63, 3.8) is 0 Å². The van der Waals surface area contributed by atoms with Gasteiger partial charge in [0.25, 0.3) is 0 Å². The van der Waals surface area contributed by atoms with Crippen molar-refractivity contribution in [1.29, 1.82) is 0 Å². The Morgan fingerprint density at radius 1 is 1.27 bits per heavy atom. The number of ether oxygens (including phenoxy) is 1. The minimum Gasteiger partial charge on any atom is -0.383 e.